The van der Waals surface area contributed by atoms with Gasteiger partial charge in [-0.3, -0.25) is 10.1 Å². The van der Waals surface area contributed by atoms with Crippen molar-refractivity contribution in [3.05, 3.63) is 82.2 Å². The van der Waals surface area contributed by atoms with E-state index in [4.69, 9.17) is 4.74 Å². The van der Waals surface area contributed by atoms with Crippen molar-refractivity contribution in [2.45, 2.75) is 6.61 Å². The molecule has 2 aromatic carbocycles. The largest absolute Gasteiger partial charge is 0.489 e. The third-order valence-corrected chi connectivity index (χ3v) is 3.31. The maximum atomic E-state index is 10.4. The smallest absolute Gasteiger partial charge is 0.235 e. The number of rotatable bonds is 5. The highest BCUT2D eigenvalue weighted by Gasteiger charge is 2.04. The Kier molecular flexibility index (Phi) is 3.87. The Morgan fingerprint density at radius 3 is 2.77 bits per heavy atom. The van der Waals surface area contributed by atoms with Gasteiger partial charge >= 0.3 is 0 Å². The van der Waals surface area contributed by atoms with Crippen LogP contribution in [0.1, 0.15) is 11.1 Å². The van der Waals surface area contributed by atoms with E-state index in [9.17, 15) is 10.1 Å². The number of hydrogen-bond acceptors (Lipinski definition) is 3. The molecule has 1 N–H and O–H groups in total. The number of nitrogens with zero attached hydrogens (tertiary/aromatic N) is 1. The van der Waals surface area contributed by atoms with Crippen molar-refractivity contribution in [3.63, 3.8) is 0 Å². The summed E-state index contributed by atoms with van der Waals surface area (Å²) in [5, 5.41) is 11.3. The number of nitrogens with one attached hydrogen (secondary N) is 1. The van der Waals surface area contributed by atoms with Crippen LogP contribution >= 0.6 is 0 Å². The van der Waals surface area contributed by atoms with Crippen molar-refractivity contribution in [1.82, 2.24) is 4.98 Å². The Hall–Kier alpha value is -3.08. The Balaban J connectivity index is 1.82. The summed E-state index contributed by atoms with van der Waals surface area (Å²) in [5.74, 6) is 0.728. The predicted molar refractivity (Wildman–Crippen MR) is 85.1 cm³/mol. The summed E-state index contributed by atoms with van der Waals surface area (Å²) in [5.41, 5.74) is 2.76. The zero-order chi connectivity index (χ0) is 15.4. The number of H-pyrrole nitrogens is 1. The summed E-state index contributed by atoms with van der Waals surface area (Å²) < 4.78 is 5.78. The highest BCUT2D eigenvalue weighted by atomic mass is 16.6. The molecule has 1 heterocycles. The molecule has 0 radical (unpaired) electrons. The van der Waals surface area contributed by atoms with E-state index >= 15 is 0 Å². The summed E-state index contributed by atoms with van der Waals surface area (Å²) in [7, 11) is 0. The minimum atomic E-state index is -0.478. The van der Waals surface area contributed by atoms with E-state index in [1.807, 2.05) is 48.5 Å². The van der Waals surface area contributed by atoms with Crippen molar-refractivity contribution >= 4 is 17.0 Å². The van der Waals surface area contributed by atoms with Gasteiger partial charge in [-0.25, -0.2) is 0 Å². The molecular formula is C17H14N2O3. The number of hydrogen-bond donors (Lipinski definition) is 1. The molecule has 1 aromatic heterocycles. The second kappa shape index (κ2) is 6.13. The van der Waals surface area contributed by atoms with Gasteiger partial charge in [0.2, 0.25) is 6.20 Å². The molecule has 0 amide bonds. The maximum Gasteiger partial charge on any atom is 0.235 e. The van der Waals surface area contributed by atoms with Gasteiger partial charge in [-0.15, -0.1) is 0 Å². The van der Waals surface area contributed by atoms with Gasteiger partial charge in [-0.1, -0.05) is 30.3 Å². The molecule has 5 nitrogen and oxygen atoms in total. The van der Waals surface area contributed by atoms with Crippen LogP contribution in [0.3, 0.4) is 0 Å². The van der Waals surface area contributed by atoms with Crippen molar-refractivity contribution in [2.75, 3.05) is 0 Å². The van der Waals surface area contributed by atoms with Crippen LogP contribution in [-0.4, -0.2) is 9.91 Å². The van der Waals surface area contributed by atoms with Crippen LogP contribution in [0, 0.1) is 10.1 Å². The normalized spacial score (nSPS) is 11.1. The summed E-state index contributed by atoms with van der Waals surface area (Å²) in [6.45, 7) is 0.483. The molecule has 0 saturated heterocycles. The van der Waals surface area contributed by atoms with E-state index in [0.717, 1.165) is 34.0 Å². The number of ether oxygens (including phenoxy) is 1. The van der Waals surface area contributed by atoms with Gasteiger partial charge in [0.15, 0.2) is 0 Å². The van der Waals surface area contributed by atoms with Crippen LogP contribution in [0.5, 0.6) is 5.75 Å². The second-order valence-electron chi connectivity index (χ2n) is 4.83. The minimum Gasteiger partial charge on any atom is -0.489 e. The van der Waals surface area contributed by atoms with Crippen LogP contribution in [0.2, 0.25) is 0 Å². The molecule has 0 aliphatic rings. The first kappa shape index (κ1) is 13.9. The van der Waals surface area contributed by atoms with Crippen molar-refractivity contribution in [1.29, 1.82) is 0 Å². The first-order chi connectivity index (χ1) is 10.7. The van der Waals surface area contributed by atoms with Crippen LogP contribution in [0.15, 0.2) is 60.9 Å². The highest BCUT2D eigenvalue weighted by molar-refractivity contribution is 5.89. The lowest BCUT2D eigenvalue weighted by atomic mass is 10.1. The quantitative estimate of drug-likeness (QED) is 0.571. The number of benzene rings is 2. The van der Waals surface area contributed by atoms with E-state index in [-0.39, 0.29) is 0 Å². The molecule has 3 aromatic rings. The van der Waals surface area contributed by atoms with Crippen molar-refractivity contribution in [2.24, 2.45) is 0 Å². The number of aromatic nitrogens is 1. The zero-order valence-corrected chi connectivity index (χ0v) is 11.7. The van der Waals surface area contributed by atoms with E-state index in [2.05, 4.69) is 4.98 Å². The zero-order valence-electron chi connectivity index (χ0n) is 11.7. The van der Waals surface area contributed by atoms with Crippen LogP contribution in [0.4, 0.5) is 0 Å². The third-order valence-electron chi connectivity index (χ3n) is 3.31. The summed E-state index contributed by atoms with van der Waals surface area (Å²) >= 11 is 0. The van der Waals surface area contributed by atoms with E-state index in [1.165, 1.54) is 6.08 Å². The second-order valence-corrected chi connectivity index (χ2v) is 4.83. The monoisotopic (exact) mass is 294 g/mol. The molecule has 0 aliphatic carbocycles. The molecule has 0 atom stereocenters. The summed E-state index contributed by atoms with van der Waals surface area (Å²) in [4.78, 5) is 13.0. The van der Waals surface area contributed by atoms with Crippen molar-refractivity contribution < 1.29 is 9.66 Å². The number of aromatic amines is 1. The van der Waals surface area contributed by atoms with Gasteiger partial charge in [-0.2, -0.15) is 0 Å². The number of fused-ring (bicyclic) bond motifs is 1. The molecule has 0 unspecified atom stereocenters. The summed E-state index contributed by atoms with van der Waals surface area (Å²) in [6.07, 6.45) is 4.14. The van der Waals surface area contributed by atoms with Crippen LogP contribution < -0.4 is 4.74 Å². The first-order valence-corrected chi connectivity index (χ1v) is 6.82. The SMILES string of the molecule is O=[N+]([O-])C=Cc1c[nH]c2ccc(OCc3ccccc3)cc12. The lowest BCUT2D eigenvalue weighted by Crippen LogP contribution is -1.94. The topological polar surface area (TPSA) is 68.2 Å². The molecule has 0 fully saturated rings. The number of nitro groups is 1. The standard InChI is InChI=1S/C17H14N2O3/c20-19(21)9-8-14-11-18-17-7-6-15(10-16(14)17)22-12-13-4-2-1-3-5-13/h1-11,18H,12H2. The Morgan fingerprint density at radius 2 is 2.00 bits per heavy atom. The van der Waals surface area contributed by atoms with Gasteiger partial charge in [0.1, 0.15) is 12.4 Å². The minimum absolute atomic E-state index is 0.478. The molecule has 5 heteroatoms. The van der Waals surface area contributed by atoms with E-state index in [0.29, 0.717) is 6.61 Å². The maximum absolute atomic E-state index is 10.4. The van der Waals surface area contributed by atoms with Gasteiger partial charge < -0.3 is 9.72 Å². The van der Waals surface area contributed by atoms with Gasteiger partial charge in [0.05, 0.1) is 4.92 Å². The fourth-order valence-electron chi connectivity index (χ4n) is 2.23. The van der Waals surface area contributed by atoms with Crippen molar-refractivity contribution in [3.8, 4) is 5.75 Å². The van der Waals surface area contributed by atoms with E-state index < -0.39 is 4.92 Å². The third kappa shape index (κ3) is 3.15. The molecule has 0 aliphatic heterocycles. The Bertz CT molecular complexity index is 822. The first-order valence-electron chi connectivity index (χ1n) is 6.82. The van der Waals surface area contributed by atoms with Gasteiger partial charge in [-0.05, 0) is 23.8 Å². The van der Waals surface area contributed by atoms with Gasteiger partial charge in [0.25, 0.3) is 0 Å². The molecule has 0 saturated carbocycles. The lowest BCUT2D eigenvalue weighted by molar-refractivity contribution is -0.400. The average Bonchev–Trinajstić information content (AvgIpc) is 2.94. The van der Waals surface area contributed by atoms with E-state index in [1.54, 1.807) is 6.20 Å². The lowest BCUT2D eigenvalue weighted by Gasteiger charge is -2.06. The molecular weight excluding hydrogens is 280 g/mol. The van der Waals surface area contributed by atoms with Crippen LogP contribution in [0.25, 0.3) is 17.0 Å². The van der Waals surface area contributed by atoms with Gasteiger partial charge in [0, 0.05) is 28.7 Å². The molecule has 0 spiro atoms. The fraction of sp³-hybridized carbons (Fsp3) is 0.0588. The molecule has 110 valence electrons. The fourth-order valence-corrected chi connectivity index (χ4v) is 2.23. The highest BCUT2D eigenvalue weighted by Crippen LogP contribution is 2.25. The molecule has 0 bridgehead atoms. The molecule has 22 heavy (non-hydrogen) atoms. The summed E-state index contributed by atoms with van der Waals surface area (Å²) in [6, 6.07) is 15.6. The predicted octanol–water partition coefficient (Wildman–Crippen LogP) is 3.99. The Labute approximate surface area is 127 Å². The Morgan fingerprint density at radius 1 is 1.18 bits per heavy atom. The molecule has 3 rings (SSSR count). The average molecular weight is 294 g/mol. The van der Waals surface area contributed by atoms with Crippen LogP contribution in [-0.2, 0) is 6.61 Å².